The van der Waals surface area contributed by atoms with Crippen molar-refractivity contribution < 1.29 is 9.53 Å². The van der Waals surface area contributed by atoms with Crippen LogP contribution in [0, 0.1) is 17.2 Å². The molecule has 1 aromatic carbocycles. The Balaban J connectivity index is 1.67. The molecule has 1 N–H and O–H groups in total. The van der Waals surface area contributed by atoms with Crippen molar-refractivity contribution in [3.63, 3.8) is 0 Å². The van der Waals surface area contributed by atoms with Crippen molar-refractivity contribution in [3.05, 3.63) is 36.0 Å². The quantitative estimate of drug-likeness (QED) is 0.945. The Morgan fingerprint density at radius 3 is 2.73 bits per heavy atom. The van der Waals surface area contributed by atoms with Crippen LogP contribution in [0.5, 0.6) is 0 Å². The second-order valence-electron chi connectivity index (χ2n) is 5.09. The first-order chi connectivity index (χ1) is 10.8. The number of hydrogen-bond donors (Lipinski definition) is 1. The first-order valence-corrected chi connectivity index (χ1v) is 7.93. The summed E-state index contributed by atoms with van der Waals surface area (Å²) in [6.07, 6.45) is 3.27. The molecule has 2 heterocycles. The highest BCUT2D eigenvalue weighted by molar-refractivity contribution is 7.19. The van der Waals surface area contributed by atoms with E-state index in [1.54, 1.807) is 18.3 Å². The van der Waals surface area contributed by atoms with Crippen LogP contribution in [0.2, 0.25) is 0 Å². The number of aromatic nitrogens is 1. The number of carbonyl (C=O) groups is 1. The van der Waals surface area contributed by atoms with Gasteiger partial charge in [-0.25, -0.2) is 4.98 Å². The second-order valence-corrected chi connectivity index (χ2v) is 6.13. The summed E-state index contributed by atoms with van der Waals surface area (Å²) >= 11 is 1.43. The van der Waals surface area contributed by atoms with Crippen LogP contribution >= 0.6 is 11.3 Å². The minimum Gasteiger partial charge on any atom is -0.381 e. The molecule has 1 amide bonds. The number of amides is 1. The number of thiazole rings is 1. The molecule has 0 saturated carbocycles. The zero-order chi connectivity index (χ0) is 15.4. The van der Waals surface area contributed by atoms with Gasteiger partial charge in [0.15, 0.2) is 5.13 Å². The number of ether oxygens (including phenoxy) is 1. The predicted octanol–water partition coefficient (Wildman–Crippen LogP) is 3.05. The standard InChI is InChI=1S/C16H15N3O2S/c17-9-11-1-3-12(4-2-11)14-10-18-16(22-14)19-15(20)13-5-7-21-8-6-13/h1-4,10,13H,5-8H2,(H,18,19,20). The SMILES string of the molecule is N#Cc1ccc(-c2cnc(NC(=O)C3CCOCC3)s2)cc1. The molecule has 22 heavy (non-hydrogen) atoms. The Morgan fingerprint density at radius 2 is 2.05 bits per heavy atom. The fraction of sp³-hybridized carbons (Fsp3) is 0.312. The van der Waals surface area contributed by atoms with Crippen molar-refractivity contribution in [1.29, 1.82) is 5.26 Å². The number of anilines is 1. The van der Waals surface area contributed by atoms with Gasteiger partial charge in [0.1, 0.15) is 0 Å². The third-order valence-electron chi connectivity index (χ3n) is 3.63. The minimum absolute atomic E-state index is 0.0102. The lowest BCUT2D eigenvalue weighted by molar-refractivity contribution is -0.122. The Bertz CT molecular complexity index is 697. The lowest BCUT2D eigenvalue weighted by atomic mass is 10.00. The molecule has 0 spiro atoms. The maximum Gasteiger partial charge on any atom is 0.229 e. The van der Waals surface area contributed by atoms with Crippen LogP contribution in [0.3, 0.4) is 0 Å². The number of rotatable bonds is 3. The molecule has 0 unspecified atom stereocenters. The maximum atomic E-state index is 12.2. The monoisotopic (exact) mass is 313 g/mol. The Hall–Kier alpha value is -2.23. The summed E-state index contributed by atoms with van der Waals surface area (Å²) in [6, 6.07) is 9.41. The van der Waals surface area contributed by atoms with Gasteiger partial charge in [0.25, 0.3) is 0 Å². The van der Waals surface area contributed by atoms with Gasteiger partial charge in [-0.2, -0.15) is 5.26 Å². The maximum absolute atomic E-state index is 12.2. The molecule has 1 aliphatic heterocycles. The molecule has 0 aliphatic carbocycles. The fourth-order valence-corrected chi connectivity index (χ4v) is 3.17. The number of carbonyl (C=O) groups excluding carboxylic acids is 1. The molecule has 1 aliphatic rings. The molecule has 0 atom stereocenters. The molecule has 3 rings (SSSR count). The fourth-order valence-electron chi connectivity index (χ4n) is 2.34. The second kappa shape index (κ2) is 6.69. The van der Waals surface area contributed by atoms with Gasteiger partial charge in [-0.3, -0.25) is 4.79 Å². The number of nitrogens with one attached hydrogen (secondary N) is 1. The molecule has 112 valence electrons. The summed E-state index contributed by atoms with van der Waals surface area (Å²) in [5.41, 5.74) is 1.62. The number of hydrogen-bond acceptors (Lipinski definition) is 5. The van der Waals surface area contributed by atoms with Crippen LogP contribution in [-0.2, 0) is 9.53 Å². The molecule has 1 aromatic heterocycles. The summed E-state index contributed by atoms with van der Waals surface area (Å²) in [6.45, 7) is 1.29. The lowest BCUT2D eigenvalue weighted by Gasteiger charge is -2.20. The van der Waals surface area contributed by atoms with Gasteiger partial charge in [0, 0.05) is 25.3 Å². The van der Waals surface area contributed by atoms with E-state index in [0.29, 0.717) is 23.9 Å². The molecule has 2 aromatic rings. The van der Waals surface area contributed by atoms with E-state index < -0.39 is 0 Å². The predicted molar refractivity (Wildman–Crippen MR) is 84.4 cm³/mol. The van der Waals surface area contributed by atoms with Gasteiger partial charge in [0.2, 0.25) is 5.91 Å². The normalized spacial score (nSPS) is 15.2. The van der Waals surface area contributed by atoms with Crippen molar-refractivity contribution in [2.75, 3.05) is 18.5 Å². The Kier molecular flexibility index (Phi) is 4.47. The summed E-state index contributed by atoms with van der Waals surface area (Å²) in [5.74, 6) is 0.0278. The topological polar surface area (TPSA) is 75.0 Å². The van der Waals surface area contributed by atoms with Gasteiger partial charge < -0.3 is 10.1 Å². The summed E-state index contributed by atoms with van der Waals surface area (Å²) < 4.78 is 5.26. The van der Waals surface area contributed by atoms with Gasteiger partial charge in [-0.05, 0) is 30.5 Å². The smallest absolute Gasteiger partial charge is 0.229 e. The van der Waals surface area contributed by atoms with Gasteiger partial charge in [-0.15, -0.1) is 0 Å². The van der Waals surface area contributed by atoms with Crippen LogP contribution in [0.1, 0.15) is 18.4 Å². The first kappa shape index (κ1) is 14.7. The average molecular weight is 313 g/mol. The molecular weight excluding hydrogens is 298 g/mol. The highest BCUT2D eigenvalue weighted by Crippen LogP contribution is 2.29. The van der Waals surface area contributed by atoms with E-state index in [0.717, 1.165) is 23.3 Å². The zero-order valence-corrected chi connectivity index (χ0v) is 12.7. The van der Waals surface area contributed by atoms with Crippen molar-refractivity contribution in [1.82, 2.24) is 4.98 Å². The van der Waals surface area contributed by atoms with E-state index in [4.69, 9.17) is 10.00 Å². The van der Waals surface area contributed by atoms with Crippen molar-refractivity contribution >= 4 is 22.4 Å². The van der Waals surface area contributed by atoms with Crippen molar-refractivity contribution in [2.45, 2.75) is 12.8 Å². The van der Waals surface area contributed by atoms with Crippen LogP contribution < -0.4 is 5.32 Å². The molecule has 1 saturated heterocycles. The van der Waals surface area contributed by atoms with E-state index in [9.17, 15) is 4.79 Å². The summed E-state index contributed by atoms with van der Waals surface area (Å²) in [5, 5.41) is 12.3. The van der Waals surface area contributed by atoms with E-state index in [1.807, 2.05) is 12.1 Å². The number of nitrogens with zero attached hydrogens (tertiary/aromatic N) is 2. The summed E-state index contributed by atoms with van der Waals surface area (Å²) in [4.78, 5) is 17.4. The Labute approximate surface area is 132 Å². The average Bonchev–Trinajstić information content (AvgIpc) is 3.04. The van der Waals surface area contributed by atoms with E-state index in [2.05, 4.69) is 16.4 Å². The van der Waals surface area contributed by atoms with Crippen LogP contribution in [-0.4, -0.2) is 24.1 Å². The number of nitriles is 1. The lowest BCUT2D eigenvalue weighted by Crippen LogP contribution is -2.28. The highest BCUT2D eigenvalue weighted by atomic mass is 32.1. The molecule has 6 heteroatoms. The van der Waals surface area contributed by atoms with Crippen LogP contribution in [0.25, 0.3) is 10.4 Å². The van der Waals surface area contributed by atoms with Crippen LogP contribution in [0.4, 0.5) is 5.13 Å². The van der Waals surface area contributed by atoms with Crippen molar-refractivity contribution in [2.24, 2.45) is 5.92 Å². The van der Waals surface area contributed by atoms with Crippen LogP contribution in [0.15, 0.2) is 30.5 Å². The van der Waals surface area contributed by atoms with E-state index >= 15 is 0 Å². The van der Waals surface area contributed by atoms with Gasteiger partial charge >= 0.3 is 0 Å². The van der Waals surface area contributed by atoms with E-state index in [1.165, 1.54) is 11.3 Å². The Morgan fingerprint density at radius 1 is 1.32 bits per heavy atom. The van der Waals surface area contributed by atoms with Gasteiger partial charge in [-0.1, -0.05) is 23.5 Å². The third-order valence-corrected chi connectivity index (χ3v) is 4.59. The van der Waals surface area contributed by atoms with Gasteiger partial charge in [0.05, 0.1) is 16.5 Å². The minimum atomic E-state index is 0.0102. The molecule has 5 nitrogen and oxygen atoms in total. The molecular formula is C16H15N3O2S. The summed E-state index contributed by atoms with van der Waals surface area (Å²) in [7, 11) is 0. The zero-order valence-electron chi connectivity index (χ0n) is 11.9. The first-order valence-electron chi connectivity index (χ1n) is 7.11. The molecule has 0 bridgehead atoms. The largest absolute Gasteiger partial charge is 0.381 e. The van der Waals surface area contributed by atoms with Crippen molar-refractivity contribution in [3.8, 4) is 16.5 Å². The molecule has 1 fully saturated rings. The third kappa shape index (κ3) is 3.32. The number of benzene rings is 1. The molecule has 0 radical (unpaired) electrons. The van der Waals surface area contributed by atoms with E-state index in [-0.39, 0.29) is 11.8 Å². The highest BCUT2D eigenvalue weighted by Gasteiger charge is 2.22.